The third kappa shape index (κ3) is 2.32. The first kappa shape index (κ1) is 8.77. The number of hydrogen-bond acceptors (Lipinski definition) is 1. The Balaban J connectivity index is 2.39. The second-order valence-corrected chi connectivity index (χ2v) is 2.68. The average molecular weight is 171 g/mol. The molecular formula is C6H9F4N. The van der Waals surface area contributed by atoms with Crippen molar-refractivity contribution in [3.63, 3.8) is 0 Å². The van der Waals surface area contributed by atoms with Crippen LogP contribution in [0.1, 0.15) is 12.8 Å². The Morgan fingerprint density at radius 3 is 2.18 bits per heavy atom. The van der Waals surface area contributed by atoms with E-state index in [1.165, 1.54) is 0 Å². The van der Waals surface area contributed by atoms with E-state index in [4.69, 9.17) is 0 Å². The van der Waals surface area contributed by atoms with Crippen molar-refractivity contribution in [2.45, 2.75) is 31.2 Å². The van der Waals surface area contributed by atoms with Crippen LogP contribution in [0.3, 0.4) is 0 Å². The third-order valence-electron chi connectivity index (χ3n) is 1.75. The smallest absolute Gasteiger partial charge is 0.303 e. The van der Waals surface area contributed by atoms with Gasteiger partial charge in [0.15, 0.2) is 0 Å². The van der Waals surface area contributed by atoms with Crippen molar-refractivity contribution in [3.05, 3.63) is 0 Å². The maximum Gasteiger partial charge on any atom is 0.403 e. The highest BCUT2D eigenvalue weighted by molar-refractivity contribution is 4.82. The van der Waals surface area contributed by atoms with Gasteiger partial charge in [0.05, 0.1) is 0 Å². The molecule has 0 aliphatic carbocycles. The molecule has 1 aliphatic rings. The van der Waals surface area contributed by atoms with Gasteiger partial charge < -0.3 is 5.32 Å². The zero-order valence-corrected chi connectivity index (χ0v) is 5.79. The van der Waals surface area contributed by atoms with Crippen LogP contribution in [0.2, 0.25) is 0 Å². The van der Waals surface area contributed by atoms with E-state index in [2.05, 4.69) is 5.32 Å². The van der Waals surface area contributed by atoms with Gasteiger partial charge in [0.25, 0.3) is 0 Å². The zero-order chi connectivity index (χ0) is 8.48. The first-order valence-electron chi connectivity index (χ1n) is 3.44. The fourth-order valence-electron chi connectivity index (χ4n) is 1.10. The van der Waals surface area contributed by atoms with E-state index in [1.807, 2.05) is 0 Å². The van der Waals surface area contributed by atoms with Crippen LogP contribution in [-0.4, -0.2) is 24.9 Å². The molecule has 1 N–H and O–H groups in total. The van der Waals surface area contributed by atoms with Gasteiger partial charge in [0.2, 0.25) is 0 Å². The lowest BCUT2D eigenvalue weighted by molar-refractivity contribution is -0.162. The summed E-state index contributed by atoms with van der Waals surface area (Å²) in [6.45, 7) is -0.176. The van der Waals surface area contributed by atoms with Gasteiger partial charge in [0.1, 0.15) is 12.2 Å². The molecule has 5 heteroatoms. The highest BCUT2D eigenvalue weighted by atomic mass is 19.4. The third-order valence-corrected chi connectivity index (χ3v) is 1.75. The van der Waals surface area contributed by atoms with Crippen LogP contribution < -0.4 is 5.32 Å². The van der Waals surface area contributed by atoms with E-state index in [-0.39, 0.29) is 19.4 Å². The van der Waals surface area contributed by atoms with Crippen LogP contribution in [0.5, 0.6) is 0 Å². The molecule has 0 aromatic rings. The summed E-state index contributed by atoms with van der Waals surface area (Å²) in [6, 6.07) is -1.51. The lowest BCUT2D eigenvalue weighted by Crippen LogP contribution is -2.48. The summed E-state index contributed by atoms with van der Waals surface area (Å²) >= 11 is 0. The molecule has 0 amide bonds. The molecule has 1 heterocycles. The fourth-order valence-corrected chi connectivity index (χ4v) is 1.10. The summed E-state index contributed by atoms with van der Waals surface area (Å²) in [4.78, 5) is 0. The minimum atomic E-state index is -4.22. The van der Waals surface area contributed by atoms with Crippen LogP contribution in [0.4, 0.5) is 17.6 Å². The van der Waals surface area contributed by atoms with Crippen LogP contribution in [0.25, 0.3) is 0 Å². The van der Waals surface area contributed by atoms with Crippen LogP contribution in [0, 0.1) is 0 Å². The topological polar surface area (TPSA) is 12.0 Å². The Labute approximate surface area is 61.8 Å². The maximum absolute atomic E-state index is 12.3. The minimum Gasteiger partial charge on any atom is -0.303 e. The summed E-state index contributed by atoms with van der Waals surface area (Å²) in [7, 11) is 0. The van der Waals surface area contributed by atoms with Crippen molar-refractivity contribution in [1.82, 2.24) is 5.32 Å². The van der Waals surface area contributed by atoms with Crippen molar-refractivity contribution in [1.29, 1.82) is 0 Å². The first-order chi connectivity index (χ1) is 5.00. The van der Waals surface area contributed by atoms with E-state index in [0.717, 1.165) is 0 Å². The molecular weight excluding hydrogens is 162 g/mol. The largest absolute Gasteiger partial charge is 0.403 e. The molecule has 0 radical (unpaired) electrons. The number of hydrogen-bond donors (Lipinski definition) is 1. The van der Waals surface area contributed by atoms with Gasteiger partial charge in [-0.2, -0.15) is 13.2 Å². The van der Waals surface area contributed by atoms with Crippen molar-refractivity contribution in [2.75, 3.05) is 6.54 Å². The molecule has 11 heavy (non-hydrogen) atoms. The molecule has 0 saturated carbocycles. The molecule has 2 unspecified atom stereocenters. The average Bonchev–Trinajstić information content (AvgIpc) is 1.86. The second kappa shape index (κ2) is 2.97. The monoisotopic (exact) mass is 171 g/mol. The number of rotatable bonds is 0. The van der Waals surface area contributed by atoms with Gasteiger partial charge in [-0.05, 0) is 12.8 Å². The molecule has 1 fully saturated rings. The van der Waals surface area contributed by atoms with E-state index in [0.29, 0.717) is 0 Å². The van der Waals surface area contributed by atoms with Gasteiger partial charge in [-0.3, -0.25) is 0 Å². The molecule has 1 rings (SSSR count). The van der Waals surface area contributed by atoms with Gasteiger partial charge >= 0.3 is 6.18 Å². The summed E-state index contributed by atoms with van der Waals surface area (Å²) in [5.74, 6) is 0. The molecule has 1 saturated heterocycles. The fraction of sp³-hybridized carbons (Fsp3) is 1.00. The molecule has 2 atom stereocenters. The summed E-state index contributed by atoms with van der Waals surface area (Å²) in [6.07, 6.45) is -5.48. The Morgan fingerprint density at radius 1 is 1.18 bits per heavy atom. The van der Waals surface area contributed by atoms with E-state index in [9.17, 15) is 17.6 Å². The number of halogens is 4. The molecule has 0 bridgehead atoms. The Bertz CT molecular complexity index is 125. The molecule has 0 aromatic carbocycles. The SMILES string of the molecule is FC1CCC(C(F)(F)F)NC1. The molecule has 0 aromatic heterocycles. The molecule has 66 valence electrons. The van der Waals surface area contributed by atoms with E-state index in [1.54, 1.807) is 0 Å². The lowest BCUT2D eigenvalue weighted by atomic mass is 10.0. The van der Waals surface area contributed by atoms with Crippen LogP contribution >= 0.6 is 0 Å². The summed E-state index contributed by atoms with van der Waals surface area (Å²) < 4.78 is 48.0. The predicted molar refractivity (Wildman–Crippen MR) is 32.0 cm³/mol. The lowest BCUT2D eigenvalue weighted by Gasteiger charge is -2.27. The number of nitrogens with one attached hydrogen (secondary N) is 1. The van der Waals surface area contributed by atoms with Crippen LogP contribution in [-0.2, 0) is 0 Å². The summed E-state index contributed by atoms with van der Waals surface area (Å²) in [5, 5.41) is 2.11. The zero-order valence-electron chi connectivity index (χ0n) is 5.79. The van der Waals surface area contributed by atoms with Crippen molar-refractivity contribution < 1.29 is 17.6 Å². The van der Waals surface area contributed by atoms with Crippen molar-refractivity contribution in [2.24, 2.45) is 0 Å². The molecule has 1 aliphatic heterocycles. The number of alkyl halides is 4. The van der Waals surface area contributed by atoms with E-state index < -0.39 is 18.4 Å². The maximum atomic E-state index is 12.3. The highest BCUT2D eigenvalue weighted by Gasteiger charge is 2.41. The summed E-state index contributed by atoms with van der Waals surface area (Å²) in [5.41, 5.74) is 0. The van der Waals surface area contributed by atoms with Crippen molar-refractivity contribution in [3.8, 4) is 0 Å². The normalized spacial score (nSPS) is 33.8. The second-order valence-electron chi connectivity index (χ2n) is 2.68. The van der Waals surface area contributed by atoms with Gasteiger partial charge in [-0.15, -0.1) is 0 Å². The van der Waals surface area contributed by atoms with E-state index >= 15 is 0 Å². The Hall–Kier alpha value is -0.320. The molecule has 1 nitrogen and oxygen atoms in total. The minimum absolute atomic E-state index is 0.0111. The Morgan fingerprint density at radius 2 is 1.82 bits per heavy atom. The van der Waals surface area contributed by atoms with Gasteiger partial charge in [0, 0.05) is 6.54 Å². The molecule has 0 spiro atoms. The quantitative estimate of drug-likeness (QED) is 0.546. The van der Waals surface area contributed by atoms with Gasteiger partial charge in [-0.25, -0.2) is 4.39 Å². The highest BCUT2D eigenvalue weighted by Crippen LogP contribution is 2.26. The van der Waals surface area contributed by atoms with Crippen molar-refractivity contribution >= 4 is 0 Å². The van der Waals surface area contributed by atoms with Crippen LogP contribution in [0.15, 0.2) is 0 Å². The number of piperidine rings is 1. The standard InChI is InChI=1S/C6H9F4N/c7-4-1-2-5(11-3-4)6(8,9)10/h4-5,11H,1-3H2. The Kier molecular flexibility index (Phi) is 2.37. The first-order valence-corrected chi connectivity index (χ1v) is 3.44. The van der Waals surface area contributed by atoms with Gasteiger partial charge in [-0.1, -0.05) is 0 Å². The predicted octanol–water partition coefficient (Wildman–Crippen LogP) is 1.64.